The molecule has 88 valence electrons. The summed E-state index contributed by atoms with van der Waals surface area (Å²) in [6.45, 7) is 11.0. The zero-order valence-corrected chi connectivity index (χ0v) is 10.6. The molecular formula is C15H22O. The van der Waals surface area contributed by atoms with Crippen LogP contribution in [0.2, 0.25) is 0 Å². The lowest BCUT2D eigenvalue weighted by Crippen LogP contribution is -2.49. The molecule has 0 aromatic carbocycles. The van der Waals surface area contributed by atoms with Gasteiger partial charge >= 0.3 is 0 Å². The Morgan fingerprint density at radius 3 is 2.62 bits per heavy atom. The summed E-state index contributed by atoms with van der Waals surface area (Å²) < 4.78 is 0. The number of carbonyl (C=O) groups is 1. The van der Waals surface area contributed by atoms with Gasteiger partial charge in [-0.3, -0.25) is 4.79 Å². The van der Waals surface area contributed by atoms with Crippen LogP contribution in [0.1, 0.15) is 40.0 Å². The molecule has 0 radical (unpaired) electrons. The summed E-state index contributed by atoms with van der Waals surface area (Å²) in [5, 5.41) is 0. The summed E-state index contributed by atoms with van der Waals surface area (Å²) in [5.74, 6) is 3.99. The Morgan fingerprint density at radius 2 is 2.06 bits per heavy atom. The number of hydrogen-bond acceptors (Lipinski definition) is 1. The van der Waals surface area contributed by atoms with E-state index in [0.29, 0.717) is 23.5 Å². The smallest absolute Gasteiger partial charge is 0.139 e. The number of ketones is 1. The van der Waals surface area contributed by atoms with E-state index in [1.54, 1.807) is 0 Å². The van der Waals surface area contributed by atoms with Gasteiger partial charge in [0, 0.05) is 11.8 Å². The molecule has 3 rings (SSSR count). The molecule has 0 aliphatic heterocycles. The number of hydrogen-bond donors (Lipinski definition) is 0. The van der Waals surface area contributed by atoms with Crippen molar-refractivity contribution in [3.63, 3.8) is 0 Å². The third-order valence-corrected chi connectivity index (χ3v) is 6.02. The highest BCUT2D eigenvalue weighted by Gasteiger charge is 2.68. The van der Waals surface area contributed by atoms with E-state index in [9.17, 15) is 4.79 Å². The molecule has 16 heavy (non-hydrogen) atoms. The Balaban J connectivity index is 2.04. The van der Waals surface area contributed by atoms with Crippen LogP contribution in [0.3, 0.4) is 0 Å². The van der Waals surface area contributed by atoms with Crippen LogP contribution in [-0.2, 0) is 4.79 Å². The van der Waals surface area contributed by atoms with E-state index in [1.807, 2.05) is 0 Å². The van der Waals surface area contributed by atoms with Gasteiger partial charge in [-0.25, -0.2) is 0 Å². The summed E-state index contributed by atoms with van der Waals surface area (Å²) in [6, 6.07) is 0. The van der Waals surface area contributed by atoms with Crippen LogP contribution in [0.25, 0.3) is 0 Å². The normalized spacial score (nSPS) is 54.4. The maximum atomic E-state index is 12.0. The second kappa shape index (κ2) is 3.00. The summed E-state index contributed by atoms with van der Waals surface area (Å²) in [4.78, 5) is 12.0. The average Bonchev–Trinajstić information content (AvgIpc) is 2.67. The molecule has 3 aliphatic carbocycles. The van der Waals surface area contributed by atoms with Crippen molar-refractivity contribution in [2.75, 3.05) is 0 Å². The van der Waals surface area contributed by atoms with Crippen molar-refractivity contribution >= 4 is 5.78 Å². The van der Waals surface area contributed by atoms with Crippen molar-refractivity contribution in [2.45, 2.75) is 40.0 Å². The molecule has 0 aromatic rings. The first kappa shape index (κ1) is 10.6. The van der Waals surface area contributed by atoms with Gasteiger partial charge in [-0.15, -0.1) is 0 Å². The minimum atomic E-state index is 0.0268. The number of carbonyl (C=O) groups excluding carboxylic acids is 1. The maximum absolute atomic E-state index is 12.0. The Bertz CT molecular complexity index is 370. The quantitative estimate of drug-likeness (QED) is 0.616. The molecule has 0 amide bonds. The first-order chi connectivity index (χ1) is 7.48. The zero-order valence-electron chi connectivity index (χ0n) is 10.6. The Kier molecular flexibility index (Phi) is 1.98. The number of Topliss-reactive ketones (excluding diaryl/α,β-unsaturated/α-hetero) is 1. The third-order valence-electron chi connectivity index (χ3n) is 6.02. The van der Waals surface area contributed by atoms with Crippen LogP contribution in [0.5, 0.6) is 0 Å². The van der Waals surface area contributed by atoms with Crippen molar-refractivity contribution in [3.05, 3.63) is 12.2 Å². The zero-order chi connectivity index (χ0) is 11.7. The van der Waals surface area contributed by atoms with Gasteiger partial charge in [0.25, 0.3) is 0 Å². The molecule has 0 bridgehead atoms. The highest BCUT2D eigenvalue weighted by molar-refractivity contribution is 5.92. The monoisotopic (exact) mass is 218 g/mol. The second-order valence-electron chi connectivity index (χ2n) is 6.63. The minimum absolute atomic E-state index is 0.0268. The molecule has 0 heterocycles. The van der Waals surface area contributed by atoms with Crippen LogP contribution in [0, 0.1) is 35.0 Å². The molecule has 0 N–H and O–H groups in total. The van der Waals surface area contributed by atoms with E-state index in [1.165, 1.54) is 18.4 Å². The molecule has 1 heteroatoms. The summed E-state index contributed by atoms with van der Waals surface area (Å²) in [5.41, 5.74) is 1.35. The van der Waals surface area contributed by atoms with Crippen molar-refractivity contribution in [1.82, 2.24) is 0 Å². The number of rotatable bonds is 1. The fourth-order valence-corrected chi connectivity index (χ4v) is 5.16. The van der Waals surface area contributed by atoms with Gasteiger partial charge in [-0.1, -0.05) is 32.4 Å². The van der Waals surface area contributed by atoms with E-state index < -0.39 is 0 Å². The molecule has 0 spiro atoms. The van der Waals surface area contributed by atoms with Crippen molar-refractivity contribution in [3.8, 4) is 0 Å². The SMILES string of the molecule is C=C(C)[C@@H]1[C@@H]2[C@@H](CC[C@@H]2C)[C@]2(C)C(=O)C[C@H]12. The van der Waals surface area contributed by atoms with Crippen LogP contribution in [0.15, 0.2) is 12.2 Å². The summed E-state index contributed by atoms with van der Waals surface area (Å²) in [7, 11) is 0. The first-order valence-electron chi connectivity index (χ1n) is 6.66. The van der Waals surface area contributed by atoms with Crippen molar-refractivity contribution < 1.29 is 4.79 Å². The maximum Gasteiger partial charge on any atom is 0.139 e. The summed E-state index contributed by atoms with van der Waals surface area (Å²) in [6.07, 6.45) is 3.41. The van der Waals surface area contributed by atoms with E-state index >= 15 is 0 Å². The van der Waals surface area contributed by atoms with E-state index in [2.05, 4.69) is 27.4 Å². The fraction of sp³-hybridized carbons (Fsp3) is 0.800. The van der Waals surface area contributed by atoms with Gasteiger partial charge in [-0.05, 0) is 42.9 Å². The topological polar surface area (TPSA) is 17.1 Å². The standard InChI is InChI=1S/C15H22O/c1-8(2)13-11-7-12(16)15(11,4)10-6-5-9(3)14(10)13/h9-11,13-14H,1,5-7H2,2-4H3/t9-,10+,11+,13-,14-,15-/m0/s1. The first-order valence-corrected chi connectivity index (χ1v) is 6.66. The van der Waals surface area contributed by atoms with Crippen molar-refractivity contribution in [2.24, 2.45) is 35.0 Å². The lowest BCUT2D eigenvalue weighted by molar-refractivity contribution is -0.146. The average molecular weight is 218 g/mol. The molecule has 0 saturated heterocycles. The fourth-order valence-electron chi connectivity index (χ4n) is 5.16. The van der Waals surface area contributed by atoms with E-state index in [0.717, 1.165) is 18.3 Å². The Hall–Kier alpha value is -0.590. The lowest BCUT2D eigenvalue weighted by Gasteiger charge is -2.45. The summed E-state index contributed by atoms with van der Waals surface area (Å²) >= 11 is 0. The second-order valence-corrected chi connectivity index (χ2v) is 6.63. The molecule has 0 aromatic heterocycles. The van der Waals surface area contributed by atoms with Crippen LogP contribution < -0.4 is 0 Å². The van der Waals surface area contributed by atoms with Gasteiger partial charge in [0.15, 0.2) is 0 Å². The molecule has 6 atom stereocenters. The van der Waals surface area contributed by atoms with E-state index in [-0.39, 0.29) is 5.41 Å². The number of fused-ring (bicyclic) bond motifs is 3. The van der Waals surface area contributed by atoms with Gasteiger partial charge in [0.1, 0.15) is 5.78 Å². The predicted molar refractivity (Wildman–Crippen MR) is 64.9 cm³/mol. The van der Waals surface area contributed by atoms with Crippen LogP contribution in [0.4, 0.5) is 0 Å². The van der Waals surface area contributed by atoms with E-state index in [4.69, 9.17) is 0 Å². The van der Waals surface area contributed by atoms with Gasteiger partial charge < -0.3 is 0 Å². The van der Waals surface area contributed by atoms with Gasteiger partial charge in [0.2, 0.25) is 0 Å². The molecule has 1 nitrogen and oxygen atoms in total. The molecule has 3 fully saturated rings. The van der Waals surface area contributed by atoms with Crippen LogP contribution in [-0.4, -0.2) is 5.78 Å². The predicted octanol–water partition coefficient (Wildman–Crippen LogP) is 3.45. The number of allylic oxidation sites excluding steroid dienone is 1. The molecule has 3 saturated carbocycles. The largest absolute Gasteiger partial charge is 0.299 e. The molecular weight excluding hydrogens is 196 g/mol. The highest BCUT2D eigenvalue weighted by atomic mass is 16.1. The lowest BCUT2D eigenvalue weighted by atomic mass is 9.56. The minimum Gasteiger partial charge on any atom is -0.299 e. The molecule has 3 aliphatic rings. The third kappa shape index (κ3) is 0.959. The van der Waals surface area contributed by atoms with Crippen LogP contribution >= 0.6 is 0 Å². The van der Waals surface area contributed by atoms with Gasteiger partial charge in [-0.2, -0.15) is 0 Å². The highest BCUT2D eigenvalue weighted by Crippen LogP contribution is 2.69. The van der Waals surface area contributed by atoms with Gasteiger partial charge in [0.05, 0.1) is 0 Å². The Labute approximate surface area is 98.3 Å². The Morgan fingerprint density at radius 1 is 1.38 bits per heavy atom. The molecule has 0 unspecified atom stereocenters. The van der Waals surface area contributed by atoms with Crippen molar-refractivity contribution in [1.29, 1.82) is 0 Å².